The van der Waals surface area contributed by atoms with Gasteiger partial charge in [0.25, 0.3) is 5.91 Å². The molecular formula is C21H17BrN6O. The van der Waals surface area contributed by atoms with Crippen LogP contribution in [0.4, 0.5) is 5.69 Å². The van der Waals surface area contributed by atoms with Gasteiger partial charge in [-0.15, -0.1) is 0 Å². The van der Waals surface area contributed by atoms with Crippen molar-refractivity contribution >= 4 is 49.3 Å². The second kappa shape index (κ2) is 6.59. The van der Waals surface area contributed by atoms with Crippen molar-refractivity contribution < 1.29 is 4.79 Å². The predicted octanol–water partition coefficient (Wildman–Crippen LogP) is 4.77. The number of carbonyl (C=O) groups excluding carboxylic acids is 1. The molecule has 0 aliphatic rings. The maximum Gasteiger partial charge on any atom is 0.275 e. The highest BCUT2D eigenvalue weighted by Gasteiger charge is 2.20. The Balaban J connectivity index is 1.64. The molecule has 8 heteroatoms. The van der Waals surface area contributed by atoms with Crippen LogP contribution in [0.3, 0.4) is 0 Å². The van der Waals surface area contributed by atoms with E-state index in [1.165, 1.54) is 0 Å². The lowest BCUT2D eigenvalue weighted by molar-refractivity contribution is 0.101. The van der Waals surface area contributed by atoms with Gasteiger partial charge in [0.05, 0.1) is 27.6 Å². The summed E-state index contributed by atoms with van der Waals surface area (Å²) in [6.45, 7) is 1.85. The first-order valence-electron chi connectivity index (χ1n) is 9.07. The summed E-state index contributed by atoms with van der Waals surface area (Å²) in [6, 6.07) is 12.2. The van der Waals surface area contributed by atoms with Gasteiger partial charge in [-0.2, -0.15) is 10.2 Å². The quantitative estimate of drug-likeness (QED) is 0.371. The molecule has 0 saturated carbocycles. The monoisotopic (exact) mass is 448 g/mol. The van der Waals surface area contributed by atoms with Crippen LogP contribution in [-0.4, -0.2) is 30.9 Å². The maximum atomic E-state index is 13.0. The molecule has 0 aliphatic heterocycles. The molecule has 3 N–H and O–H groups in total. The van der Waals surface area contributed by atoms with Crippen molar-refractivity contribution in [2.24, 2.45) is 7.05 Å². The Labute approximate surface area is 174 Å². The number of benzene rings is 2. The van der Waals surface area contributed by atoms with Crippen LogP contribution in [0.1, 0.15) is 16.2 Å². The molecule has 0 aliphatic carbocycles. The van der Waals surface area contributed by atoms with Crippen LogP contribution in [0.2, 0.25) is 0 Å². The highest BCUT2D eigenvalue weighted by molar-refractivity contribution is 9.10. The Morgan fingerprint density at radius 1 is 1.17 bits per heavy atom. The van der Waals surface area contributed by atoms with E-state index in [2.05, 4.69) is 53.7 Å². The molecule has 3 heterocycles. The van der Waals surface area contributed by atoms with E-state index in [0.29, 0.717) is 15.9 Å². The number of amides is 1. The van der Waals surface area contributed by atoms with Gasteiger partial charge in [-0.3, -0.25) is 14.6 Å². The Morgan fingerprint density at radius 2 is 2.03 bits per heavy atom. The van der Waals surface area contributed by atoms with E-state index in [1.807, 2.05) is 37.4 Å². The number of halogens is 1. The summed E-state index contributed by atoms with van der Waals surface area (Å²) in [5, 5.41) is 16.5. The summed E-state index contributed by atoms with van der Waals surface area (Å²) in [7, 11) is 1.75. The summed E-state index contributed by atoms with van der Waals surface area (Å²) in [6.07, 6.45) is 3.64. The number of carbonyl (C=O) groups is 1. The summed E-state index contributed by atoms with van der Waals surface area (Å²) in [5.74, 6) is -0.237. The maximum absolute atomic E-state index is 13.0. The largest absolute Gasteiger partial charge is 0.361 e. The van der Waals surface area contributed by atoms with E-state index in [-0.39, 0.29) is 5.91 Å². The zero-order chi connectivity index (χ0) is 20.1. The number of rotatable bonds is 3. The topological polar surface area (TPSA) is 91.4 Å². The fourth-order valence-electron chi connectivity index (χ4n) is 3.71. The fraction of sp³-hybridized carbons (Fsp3) is 0.0952. The number of aromatic nitrogens is 5. The molecule has 144 valence electrons. The molecule has 0 fully saturated rings. The van der Waals surface area contributed by atoms with Crippen LogP contribution in [0.5, 0.6) is 0 Å². The molecule has 1 amide bonds. The lowest BCUT2D eigenvalue weighted by Gasteiger charge is -2.11. The average Bonchev–Trinajstić information content (AvgIpc) is 3.41. The van der Waals surface area contributed by atoms with Crippen LogP contribution in [0, 0.1) is 6.92 Å². The summed E-state index contributed by atoms with van der Waals surface area (Å²) < 4.78 is 2.26. The summed E-state index contributed by atoms with van der Waals surface area (Å²) in [5.41, 5.74) is 5.90. The number of aromatic amines is 2. The van der Waals surface area contributed by atoms with Gasteiger partial charge in [-0.25, -0.2) is 0 Å². The Bertz CT molecular complexity index is 1390. The van der Waals surface area contributed by atoms with Crippen molar-refractivity contribution in [3.05, 3.63) is 64.7 Å². The minimum Gasteiger partial charge on any atom is -0.361 e. The number of hydrogen-bond donors (Lipinski definition) is 3. The molecule has 29 heavy (non-hydrogen) atoms. The minimum absolute atomic E-state index is 0.237. The first kappa shape index (κ1) is 17.7. The molecule has 7 nitrogen and oxygen atoms in total. The zero-order valence-corrected chi connectivity index (χ0v) is 17.3. The van der Waals surface area contributed by atoms with Crippen LogP contribution in [-0.2, 0) is 7.05 Å². The number of aryl methyl sites for hydroxylation is 2. The van der Waals surface area contributed by atoms with Crippen molar-refractivity contribution in [1.82, 2.24) is 25.0 Å². The van der Waals surface area contributed by atoms with Gasteiger partial charge < -0.3 is 10.3 Å². The first-order valence-corrected chi connectivity index (χ1v) is 9.86. The number of nitrogens with zero attached hydrogens (tertiary/aromatic N) is 3. The number of H-pyrrole nitrogens is 2. The third-order valence-corrected chi connectivity index (χ3v) is 6.03. The molecule has 0 spiro atoms. The van der Waals surface area contributed by atoms with Crippen LogP contribution in [0.15, 0.2) is 53.3 Å². The summed E-state index contributed by atoms with van der Waals surface area (Å²) >= 11 is 3.46. The van der Waals surface area contributed by atoms with Gasteiger partial charge in [0, 0.05) is 29.5 Å². The molecule has 5 aromatic rings. The molecule has 2 aromatic carbocycles. The van der Waals surface area contributed by atoms with E-state index >= 15 is 0 Å². The third-order valence-electron chi connectivity index (χ3n) is 5.08. The second-order valence-electron chi connectivity index (χ2n) is 6.93. The molecule has 0 radical (unpaired) electrons. The van der Waals surface area contributed by atoms with E-state index in [4.69, 9.17) is 0 Å². The van der Waals surface area contributed by atoms with E-state index in [0.717, 1.165) is 38.6 Å². The van der Waals surface area contributed by atoms with Crippen molar-refractivity contribution in [3.63, 3.8) is 0 Å². The number of nitrogens with one attached hydrogen (secondary N) is 3. The highest BCUT2D eigenvalue weighted by Crippen LogP contribution is 2.34. The van der Waals surface area contributed by atoms with Crippen molar-refractivity contribution in [2.45, 2.75) is 6.92 Å². The molecule has 0 saturated heterocycles. The predicted molar refractivity (Wildman–Crippen MR) is 117 cm³/mol. The number of fused-ring (bicyclic) bond motifs is 2. The Morgan fingerprint density at radius 3 is 2.83 bits per heavy atom. The second-order valence-corrected chi connectivity index (χ2v) is 7.72. The minimum atomic E-state index is -0.237. The van der Waals surface area contributed by atoms with E-state index in [9.17, 15) is 4.79 Å². The van der Waals surface area contributed by atoms with Gasteiger partial charge in [-0.05, 0) is 58.2 Å². The average molecular weight is 449 g/mol. The smallest absolute Gasteiger partial charge is 0.275 e. The number of anilines is 1. The van der Waals surface area contributed by atoms with Crippen LogP contribution in [0.25, 0.3) is 32.9 Å². The van der Waals surface area contributed by atoms with Crippen LogP contribution < -0.4 is 5.32 Å². The van der Waals surface area contributed by atoms with Gasteiger partial charge >= 0.3 is 0 Å². The normalized spacial score (nSPS) is 11.4. The molecular weight excluding hydrogens is 432 g/mol. The zero-order valence-electron chi connectivity index (χ0n) is 15.7. The fourth-order valence-corrected chi connectivity index (χ4v) is 4.22. The lowest BCUT2D eigenvalue weighted by Crippen LogP contribution is -2.17. The van der Waals surface area contributed by atoms with Gasteiger partial charge in [-0.1, -0.05) is 12.1 Å². The standard InChI is InChI=1S/C21H17BrN6O/c1-11-19(22)20(28(2)27-11)21(29)25-17-8-12(9-18-15(17)10-24-26-18)13-4-3-5-16-14(13)6-7-23-16/h3-10,23H,1-2H3,(H,24,26)(H,25,29). The van der Waals surface area contributed by atoms with Crippen molar-refractivity contribution in [3.8, 4) is 11.1 Å². The SMILES string of the molecule is Cc1nn(C)c(C(=O)Nc2cc(-c3cccc4[nH]ccc34)cc3[nH]ncc23)c1Br. The van der Waals surface area contributed by atoms with Crippen molar-refractivity contribution in [1.29, 1.82) is 0 Å². The van der Waals surface area contributed by atoms with E-state index < -0.39 is 0 Å². The first-order chi connectivity index (χ1) is 14.0. The molecule has 0 unspecified atom stereocenters. The number of hydrogen-bond acceptors (Lipinski definition) is 3. The van der Waals surface area contributed by atoms with E-state index in [1.54, 1.807) is 17.9 Å². The van der Waals surface area contributed by atoms with Crippen molar-refractivity contribution in [2.75, 3.05) is 5.32 Å². The molecule has 0 atom stereocenters. The third kappa shape index (κ3) is 2.84. The Hall–Kier alpha value is -3.39. The molecule has 3 aromatic heterocycles. The van der Waals surface area contributed by atoms with Gasteiger partial charge in [0.15, 0.2) is 0 Å². The molecule has 5 rings (SSSR count). The van der Waals surface area contributed by atoms with Gasteiger partial charge in [0.2, 0.25) is 0 Å². The summed E-state index contributed by atoms with van der Waals surface area (Å²) in [4.78, 5) is 16.3. The van der Waals surface area contributed by atoms with Crippen LogP contribution >= 0.6 is 15.9 Å². The lowest BCUT2D eigenvalue weighted by atomic mass is 9.99. The van der Waals surface area contributed by atoms with Gasteiger partial charge in [0.1, 0.15) is 5.69 Å². The Kier molecular flexibility index (Phi) is 4.02. The molecule has 0 bridgehead atoms. The highest BCUT2D eigenvalue weighted by atomic mass is 79.9.